The Morgan fingerprint density at radius 1 is 1.00 bits per heavy atom. The Morgan fingerprint density at radius 3 is 1.67 bits per heavy atom. The molecule has 1 fully saturated rings. The van der Waals surface area contributed by atoms with E-state index in [2.05, 4.69) is 6.92 Å². The van der Waals surface area contributed by atoms with Gasteiger partial charge in [-0.05, 0) is 19.8 Å². The minimum atomic E-state index is 0.167. The van der Waals surface area contributed by atoms with Gasteiger partial charge in [-0.15, -0.1) is 0 Å². The highest BCUT2D eigenvalue weighted by Crippen LogP contribution is 2.21. The summed E-state index contributed by atoms with van der Waals surface area (Å²) in [7, 11) is 0. The Morgan fingerprint density at radius 2 is 1.33 bits per heavy atom. The van der Waals surface area contributed by atoms with Crippen LogP contribution in [0, 0.1) is 5.92 Å². The van der Waals surface area contributed by atoms with Crippen LogP contribution in [-0.2, 0) is 4.79 Å². The summed E-state index contributed by atoms with van der Waals surface area (Å²) in [5, 5.41) is 0. The van der Waals surface area contributed by atoms with Crippen molar-refractivity contribution in [2.24, 2.45) is 5.92 Å². The quantitative estimate of drug-likeness (QED) is 0.508. The second-order valence-electron chi connectivity index (χ2n) is 4.00. The molecule has 0 amide bonds. The van der Waals surface area contributed by atoms with E-state index in [1.807, 2.05) is 0 Å². The highest BCUT2D eigenvalue weighted by atomic mass is 16.1. The summed E-state index contributed by atoms with van der Waals surface area (Å²) < 4.78 is 0. The zero-order valence-corrected chi connectivity index (χ0v) is 8.73. The first-order valence-electron chi connectivity index (χ1n) is 5.10. The summed E-state index contributed by atoms with van der Waals surface area (Å²) in [5.41, 5.74) is 0. The van der Waals surface area contributed by atoms with Gasteiger partial charge in [0.25, 0.3) is 0 Å². The fourth-order valence-corrected chi connectivity index (χ4v) is 1.48. The van der Waals surface area contributed by atoms with E-state index in [0.717, 1.165) is 5.92 Å². The van der Waals surface area contributed by atoms with Gasteiger partial charge in [0.05, 0.1) is 0 Å². The van der Waals surface area contributed by atoms with Crippen molar-refractivity contribution in [2.45, 2.75) is 59.3 Å². The summed E-state index contributed by atoms with van der Waals surface area (Å²) in [5.74, 6) is 1.19. The van der Waals surface area contributed by atoms with Crippen LogP contribution in [0.1, 0.15) is 59.3 Å². The molecule has 0 aromatic rings. The number of carbonyl (C=O) groups excluding carboxylic acids is 1. The number of ketones is 1. The number of hydrogen-bond acceptors (Lipinski definition) is 1. The predicted octanol–water partition coefficient (Wildman–Crippen LogP) is 3.57. The molecule has 0 saturated heterocycles. The molecule has 1 aliphatic carbocycles. The monoisotopic (exact) mass is 170 g/mol. The third kappa shape index (κ3) is 9.67. The predicted molar refractivity (Wildman–Crippen MR) is 53.2 cm³/mol. The first-order valence-corrected chi connectivity index (χ1v) is 5.10. The molecule has 0 atom stereocenters. The van der Waals surface area contributed by atoms with E-state index in [1.54, 1.807) is 0 Å². The first kappa shape index (κ1) is 11.7. The van der Waals surface area contributed by atoms with Gasteiger partial charge in [0.15, 0.2) is 0 Å². The summed E-state index contributed by atoms with van der Waals surface area (Å²) in [6, 6.07) is 0. The minimum Gasteiger partial charge on any atom is -0.300 e. The number of carbonyl (C=O) groups is 1. The number of Topliss-reactive ketones (excluding diaryl/α,β-unsaturated/α-hetero) is 1. The first-order chi connectivity index (χ1) is 5.63. The van der Waals surface area contributed by atoms with E-state index < -0.39 is 0 Å². The molecule has 1 heteroatoms. The summed E-state index contributed by atoms with van der Waals surface area (Å²) in [6.45, 7) is 5.44. The minimum absolute atomic E-state index is 0.167. The lowest BCUT2D eigenvalue weighted by Gasteiger charge is -2.02. The molecule has 1 rings (SSSR count). The van der Waals surface area contributed by atoms with Crippen molar-refractivity contribution in [1.29, 1.82) is 0 Å². The van der Waals surface area contributed by atoms with Crippen LogP contribution in [0.4, 0.5) is 0 Å². The van der Waals surface area contributed by atoms with Crippen LogP contribution in [0.2, 0.25) is 0 Å². The third-order valence-electron chi connectivity index (χ3n) is 2.14. The van der Waals surface area contributed by atoms with E-state index in [-0.39, 0.29) is 5.78 Å². The fraction of sp³-hybridized carbons (Fsp3) is 0.909. The molecular weight excluding hydrogens is 148 g/mol. The van der Waals surface area contributed by atoms with Crippen LogP contribution < -0.4 is 0 Å². The van der Waals surface area contributed by atoms with E-state index in [1.165, 1.54) is 52.4 Å². The van der Waals surface area contributed by atoms with E-state index >= 15 is 0 Å². The van der Waals surface area contributed by atoms with Crippen molar-refractivity contribution in [3.8, 4) is 0 Å². The molecule has 0 spiro atoms. The average Bonchev–Trinajstić information content (AvgIpc) is 2.14. The summed E-state index contributed by atoms with van der Waals surface area (Å²) in [4.78, 5) is 9.44. The maximum atomic E-state index is 9.44. The highest BCUT2D eigenvalue weighted by Gasteiger charge is 2.05. The van der Waals surface area contributed by atoms with E-state index in [0.29, 0.717) is 0 Å². The van der Waals surface area contributed by atoms with Crippen molar-refractivity contribution in [3.63, 3.8) is 0 Å². The van der Waals surface area contributed by atoms with Gasteiger partial charge in [0, 0.05) is 0 Å². The molecule has 0 aliphatic heterocycles. The normalized spacial score (nSPS) is 18.9. The second-order valence-corrected chi connectivity index (χ2v) is 4.00. The van der Waals surface area contributed by atoms with Gasteiger partial charge in [-0.25, -0.2) is 0 Å². The van der Waals surface area contributed by atoms with Crippen LogP contribution in [0.3, 0.4) is 0 Å². The van der Waals surface area contributed by atoms with Gasteiger partial charge < -0.3 is 4.79 Å². The van der Waals surface area contributed by atoms with Crippen molar-refractivity contribution < 1.29 is 4.79 Å². The van der Waals surface area contributed by atoms with Gasteiger partial charge in [-0.3, -0.25) is 0 Å². The van der Waals surface area contributed by atoms with E-state index in [9.17, 15) is 4.79 Å². The SMILES string of the molecule is CC(C)=O.CC1CCCCCC1. The number of hydrogen-bond donors (Lipinski definition) is 0. The number of rotatable bonds is 0. The Hall–Kier alpha value is -0.330. The molecule has 12 heavy (non-hydrogen) atoms. The van der Waals surface area contributed by atoms with Crippen LogP contribution in [0.25, 0.3) is 0 Å². The third-order valence-corrected chi connectivity index (χ3v) is 2.14. The maximum Gasteiger partial charge on any atom is 0.126 e. The Kier molecular flexibility index (Phi) is 7.12. The van der Waals surface area contributed by atoms with Gasteiger partial charge in [0.1, 0.15) is 5.78 Å². The van der Waals surface area contributed by atoms with Gasteiger partial charge in [0.2, 0.25) is 0 Å². The average molecular weight is 170 g/mol. The van der Waals surface area contributed by atoms with Crippen molar-refractivity contribution in [3.05, 3.63) is 0 Å². The van der Waals surface area contributed by atoms with Gasteiger partial charge >= 0.3 is 0 Å². The molecule has 0 N–H and O–H groups in total. The Balaban J connectivity index is 0.000000261. The molecule has 0 heterocycles. The van der Waals surface area contributed by atoms with Crippen molar-refractivity contribution >= 4 is 5.78 Å². The van der Waals surface area contributed by atoms with Crippen LogP contribution in [0.5, 0.6) is 0 Å². The summed E-state index contributed by atoms with van der Waals surface area (Å²) in [6.07, 6.45) is 8.93. The smallest absolute Gasteiger partial charge is 0.126 e. The molecular formula is C11H22O. The standard InChI is InChI=1S/C8H16.C3H6O/c1-8-6-4-2-3-5-7-8;1-3(2)4/h8H,2-7H2,1H3;1-2H3. The molecule has 1 aliphatic rings. The lowest BCUT2D eigenvalue weighted by Crippen LogP contribution is -1.88. The molecule has 0 radical (unpaired) electrons. The molecule has 1 saturated carbocycles. The molecule has 72 valence electrons. The largest absolute Gasteiger partial charge is 0.300 e. The highest BCUT2D eigenvalue weighted by molar-refractivity contribution is 5.72. The van der Waals surface area contributed by atoms with E-state index in [4.69, 9.17) is 0 Å². The zero-order chi connectivity index (χ0) is 9.40. The fourth-order valence-electron chi connectivity index (χ4n) is 1.48. The van der Waals surface area contributed by atoms with Crippen molar-refractivity contribution in [2.75, 3.05) is 0 Å². The van der Waals surface area contributed by atoms with Crippen LogP contribution in [-0.4, -0.2) is 5.78 Å². The second kappa shape index (κ2) is 7.33. The summed E-state index contributed by atoms with van der Waals surface area (Å²) >= 11 is 0. The van der Waals surface area contributed by atoms with Crippen LogP contribution >= 0.6 is 0 Å². The zero-order valence-electron chi connectivity index (χ0n) is 8.73. The molecule has 1 nitrogen and oxygen atoms in total. The van der Waals surface area contributed by atoms with Gasteiger partial charge in [-0.1, -0.05) is 45.4 Å². The van der Waals surface area contributed by atoms with Gasteiger partial charge in [-0.2, -0.15) is 0 Å². The molecule has 0 bridgehead atoms. The molecule has 0 aromatic carbocycles. The molecule has 0 aromatic heterocycles. The Bertz CT molecular complexity index is 106. The van der Waals surface area contributed by atoms with Crippen LogP contribution in [0.15, 0.2) is 0 Å². The lowest BCUT2D eigenvalue weighted by atomic mass is 10.0. The maximum absolute atomic E-state index is 9.44. The lowest BCUT2D eigenvalue weighted by molar-refractivity contribution is -0.114. The van der Waals surface area contributed by atoms with Crippen molar-refractivity contribution in [1.82, 2.24) is 0 Å². The Labute approximate surface area is 76.6 Å². The topological polar surface area (TPSA) is 17.1 Å². The molecule has 0 unspecified atom stereocenters.